The molecule has 2 aliphatic rings. The van der Waals surface area contributed by atoms with Gasteiger partial charge in [0.05, 0.1) is 12.1 Å². The molecule has 0 aliphatic carbocycles. The van der Waals surface area contributed by atoms with Crippen LogP contribution in [0.4, 0.5) is 11.4 Å². The Hall–Kier alpha value is -3.00. The van der Waals surface area contributed by atoms with Crippen LogP contribution in [0.1, 0.15) is 11.1 Å². The van der Waals surface area contributed by atoms with Crippen molar-refractivity contribution in [3.63, 3.8) is 0 Å². The van der Waals surface area contributed by atoms with Gasteiger partial charge < -0.3 is 10.6 Å². The van der Waals surface area contributed by atoms with E-state index in [9.17, 15) is 0 Å². The molecule has 2 atom stereocenters. The molecule has 0 fully saturated rings. The van der Waals surface area contributed by atoms with Gasteiger partial charge in [-0.15, -0.1) is 0 Å². The second-order valence-corrected chi connectivity index (χ2v) is 7.55. The van der Waals surface area contributed by atoms with Crippen LogP contribution < -0.4 is 10.6 Å². The highest BCUT2D eigenvalue weighted by Gasteiger charge is 2.30. The molecule has 2 nitrogen and oxygen atoms in total. The van der Waals surface area contributed by atoms with Gasteiger partial charge in [0.25, 0.3) is 0 Å². The van der Waals surface area contributed by atoms with Gasteiger partial charge >= 0.3 is 0 Å². The maximum Gasteiger partial charge on any atom is 0.0506 e. The Labute approximate surface area is 152 Å². The molecule has 0 saturated heterocycles. The molecular formula is C24H20N2. The van der Waals surface area contributed by atoms with Gasteiger partial charge in [-0.2, -0.15) is 0 Å². The Morgan fingerprint density at radius 2 is 0.962 bits per heavy atom. The normalized spacial score (nSPS) is 20.6. The number of rotatable bonds is 1. The van der Waals surface area contributed by atoms with Crippen LogP contribution in [0.5, 0.6) is 0 Å². The van der Waals surface area contributed by atoms with Crippen LogP contribution in [0, 0.1) is 0 Å². The summed E-state index contributed by atoms with van der Waals surface area (Å²) >= 11 is 0. The van der Waals surface area contributed by atoms with Crippen molar-refractivity contribution in [2.75, 3.05) is 10.6 Å². The molecule has 4 aromatic carbocycles. The van der Waals surface area contributed by atoms with Crippen molar-refractivity contribution in [1.82, 2.24) is 0 Å². The van der Waals surface area contributed by atoms with Crippen molar-refractivity contribution in [2.45, 2.75) is 24.9 Å². The third-order valence-corrected chi connectivity index (χ3v) is 6.03. The van der Waals surface area contributed by atoms with Crippen LogP contribution >= 0.6 is 0 Å². The van der Waals surface area contributed by atoms with E-state index >= 15 is 0 Å². The van der Waals surface area contributed by atoms with Crippen LogP contribution in [0.2, 0.25) is 0 Å². The molecule has 0 amide bonds. The molecule has 2 aliphatic heterocycles. The first kappa shape index (κ1) is 14.2. The Bertz CT molecular complexity index is 987. The topological polar surface area (TPSA) is 24.1 Å². The summed E-state index contributed by atoms with van der Waals surface area (Å²) in [6.07, 6.45) is 2.12. The van der Waals surface area contributed by atoms with Crippen LogP contribution in [0.3, 0.4) is 0 Å². The molecule has 0 aromatic heterocycles. The third kappa shape index (κ3) is 1.99. The van der Waals surface area contributed by atoms with Crippen molar-refractivity contribution >= 4 is 32.9 Å². The molecular weight excluding hydrogens is 316 g/mol. The van der Waals surface area contributed by atoms with Crippen LogP contribution in [-0.4, -0.2) is 12.1 Å². The fourth-order valence-electron chi connectivity index (χ4n) is 4.88. The zero-order chi connectivity index (χ0) is 17.1. The van der Waals surface area contributed by atoms with E-state index in [0.717, 1.165) is 12.8 Å². The lowest BCUT2D eigenvalue weighted by molar-refractivity contribution is 0.576. The van der Waals surface area contributed by atoms with E-state index in [1.165, 1.54) is 44.0 Å². The largest absolute Gasteiger partial charge is 0.379 e. The number of benzene rings is 4. The number of hydrogen-bond donors (Lipinski definition) is 2. The zero-order valence-corrected chi connectivity index (χ0v) is 14.5. The molecule has 126 valence electrons. The first-order valence-corrected chi connectivity index (χ1v) is 9.41. The third-order valence-electron chi connectivity index (χ3n) is 6.03. The van der Waals surface area contributed by atoms with Crippen molar-refractivity contribution in [3.8, 4) is 0 Å². The predicted octanol–water partition coefficient (Wildman–Crippen LogP) is 5.37. The Balaban J connectivity index is 1.41. The highest BCUT2D eigenvalue weighted by atomic mass is 15.0. The molecule has 2 unspecified atom stereocenters. The summed E-state index contributed by atoms with van der Waals surface area (Å²) in [6.45, 7) is 0. The maximum atomic E-state index is 3.83. The van der Waals surface area contributed by atoms with E-state index in [2.05, 4.69) is 83.4 Å². The summed E-state index contributed by atoms with van der Waals surface area (Å²) in [7, 11) is 0. The Morgan fingerprint density at radius 3 is 1.42 bits per heavy atom. The van der Waals surface area contributed by atoms with Gasteiger partial charge in [-0.3, -0.25) is 0 Å². The molecule has 0 radical (unpaired) electrons. The summed E-state index contributed by atoms with van der Waals surface area (Å²) in [5.41, 5.74) is 5.46. The van der Waals surface area contributed by atoms with Crippen molar-refractivity contribution < 1.29 is 0 Å². The number of hydrogen-bond acceptors (Lipinski definition) is 2. The summed E-state index contributed by atoms with van der Waals surface area (Å²) < 4.78 is 0. The van der Waals surface area contributed by atoms with Crippen molar-refractivity contribution in [1.29, 1.82) is 0 Å². The SMILES string of the molecule is c1cc2c3c(cccc3c1)NC(C1Cc3cccc4cccc(c34)N1)C2. The van der Waals surface area contributed by atoms with E-state index in [4.69, 9.17) is 0 Å². The van der Waals surface area contributed by atoms with E-state index < -0.39 is 0 Å². The van der Waals surface area contributed by atoms with Gasteiger partial charge in [0, 0.05) is 22.1 Å². The van der Waals surface area contributed by atoms with Gasteiger partial charge in [0.15, 0.2) is 0 Å². The zero-order valence-electron chi connectivity index (χ0n) is 14.5. The van der Waals surface area contributed by atoms with Gasteiger partial charge in [0.1, 0.15) is 0 Å². The van der Waals surface area contributed by atoms with E-state index in [1.807, 2.05) is 0 Å². The minimum Gasteiger partial charge on any atom is -0.379 e. The Morgan fingerprint density at radius 1 is 0.538 bits per heavy atom. The highest BCUT2D eigenvalue weighted by molar-refractivity contribution is 5.99. The highest BCUT2D eigenvalue weighted by Crippen LogP contribution is 2.37. The van der Waals surface area contributed by atoms with Crippen LogP contribution in [0.25, 0.3) is 21.5 Å². The monoisotopic (exact) mass is 336 g/mol. The Kier molecular flexibility index (Phi) is 2.87. The lowest BCUT2D eigenvalue weighted by Crippen LogP contribution is -2.45. The molecule has 0 spiro atoms. The average Bonchev–Trinajstić information content (AvgIpc) is 2.69. The van der Waals surface area contributed by atoms with Crippen molar-refractivity contribution in [2.24, 2.45) is 0 Å². The standard InChI is InChI=1S/C24H20N2/c1-5-15-7-3-11-19-23(15)17(9-1)13-21(25-19)22-14-18-10-2-6-16-8-4-12-20(26-22)24(16)18/h1-12,21-22,25-26H,13-14H2. The first-order valence-electron chi connectivity index (χ1n) is 9.41. The van der Waals surface area contributed by atoms with E-state index in [1.54, 1.807) is 0 Å². The summed E-state index contributed by atoms with van der Waals surface area (Å²) in [4.78, 5) is 0. The minimum absolute atomic E-state index is 0.388. The molecule has 26 heavy (non-hydrogen) atoms. The number of anilines is 2. The fraction of sp³-hybridized carbons (Fsp3) is 0.167. The lowest BCUT2D eigenvalue weighted by Gasteiger charge is -2.37. The summed E-state index contributed by atoms with van der Waals surface area (Å²) in [5.74, 6) is 0. The summed E-state index contributed by atoms with van der Waals surface area (Å²) in [5, 5.41) is 13.1. The second-order valence-electron chi connectivity index (χ2n) is 7.55. The predicted molar refractivity (Wildman–Crippen MR) is 110 cm³/mol. The number of nitrogens with one attached hydrogen (secondary N) is 2. The molecule has 2 N–H and O–H groups in total. The summed E-state index contributed by atoms with van der Waals surface area (Å²) in [6, 6.07) is 27.3. The van der Waals surface area contributed by atoms with E-state index in [-0.39, 0.29) is 0 Å². The van der Waals surface area contributed by atoms with Gasteiger partial charge in [0.2, 0.25) is 0 Å². The fourth-order valence-corrected chi connectivity index (χ4v) is 4.88. The molecule has 4 aromatic rings. The molecule has 2 heterocycles. The van der Waals surface area contributed by atoms with Crippen molar-refractivity contribution in [3.05, 3.63) is 83.9 Å². The van der Waals surface area contributed by atoms with Gasteiger partial charge in [-0.25, -0.2) is 0 Å². The smallest absolute Gasteiger partial charge is 0.0506 e. The van der Waals surface area contributed by atoms with E-state index in [0.29, 0.717) is 12.1 Å². The first-order chi connectivity index (χ1) is 12.9. The quantitative estimate of drug-likeness (QED) is 0.488. The molecule has 6 rings (SSSR count). The molecule has 0 saturated carbocycles. The molecule has 0 bridgehead atoms. The average molecular weight is 336 g/mol. The maximum absolute atomic E-state index is 3.83. The lowest BCUT2D eigenvalue weighted by atomic mass is 9.85. The van der Waals surface area contributed by atoms with Crippen LogP contribution in [0.15, 0.2) is 72.8 Å². The van der Waals surface area contributed by atoms with Gasteiger partial charge in [-0.05, 0) is 46.9 Å². The second kappa shape index (κ2) is 5.25. The molecule has 2 heteroatoms. The van der Waals surface area contributed by atoms with Crippen LogP contribution in [-0.2, 0) is 12.8 Å². The minimum atomic E-state index is 0.388. The van der Waals surface area contributed by atoms with Gasteiger partial charge in [-0.1, -0.05) is 60.7 Å².